The predicted molar refractivity (Wildman–Crippen MR) is 57.0 cm³/mol. The van der Waals surface area contributed by atoms with E-state index in [2.05, 4.69) is 13.8 Å². The Hall–Kier alpha value is -0.160. The molecule has 0 aromatic heterocycles. The molecular formula is C11H22O4. The van der Waals surface area contributed by atoms with E-state index in [9.17, 15) is 0 Å². The molecule has 0 spiro atoms. The summed E-state index contributed by atoms with van der Waals surface area (Å²) in [4.78, 5) is 0. The summed E-state index contributed by atoms with van der Waals surface area (Å²) >= 11 is 0. The number of rotatable bonds is 4. The van der Waals surface area contributed by atoms with Crippen LogP contribution in [0.4, 0.5) is 0 Å². The van der Waals surface area contributed by atoms with Gasteiger partial charge in [0.1, 0.15) is 12.2 Å². The molecule has 0 saturated carbocycles. The number of methoxy groups -OCH3 is 3. The minimum absolute atomic E-state index is 0.0452. The number of ether oxygens (including phenoxy) is 4. The van der Waals surface area contributed by atoms with Crippen LogP contribution in [0.5, 0.6) is 0 Å². The second kappa shape index (κ2) is 5.80. The molecular weight excluding hydrogens is 196 g/mol. The van der Waals surface area contributed by atoms with E-state index in [0.29, 0.717) is 12.5 Å². The van der Waals surface area contributed by atoms with Gasteiger partial charge in [-0.2, -0.15) is 0 Å². The van der Waals surface area contributed by atoms with E-state index >= 15 is 0 Å². The van der Waals surface area contributed by atoms with Crippen molar-refractivity contribution in [2.24, 2.45) is 5.92 Å². The molecule has 15 heavy (non-hydrogen) atoms. The van der Waals surface area contributed by atoms with E-state index in [-0.39, 0.29) is 24.4 Å². The summed E-state index contributed by atoms with van der Waals surface area (Å²) in [6.45, 7) is 4.72. The maximum Gasteiger partial charge on any atom is 0.112 e. The minimum atomic E-state index is -0.0545. The van der Waals surface area contributed by atoms with Crippen LogP contribution in [0.2, 0.25) is 0 Å². The Morgan fingerprint density at radius 1 is 1.00 bits per heavy atom. The fourth-order valence-corrected chi connectivity index (χ4v) is 2.19. The second-order valence-corrected chi connectivity index (χ2v) is 4.09. The Morgan fingerprint density at radius 3 is 2.07 bits per heavy atom. The Labute approximate surface area is 91.8 Å². The Balaban J connectivity index is 2.73. The zero-order valence-corrected chi connectivity index (χ0v) is 10.2. The van der Waals surface area contributed by atoms with E-state index in [1.165, 1.54) is 0 Å². The number of hydrogen-bond acceptors (Lipinski definition) is 4. The van der Waals surface area contributed by atoms with Crippen molar-refractivity contribution in [1.29, 1.82) is 0 Å². The molecule has 2 unspecified atom stereocenters. The molecule has 1 aliphatic rings. The maximum absolute atomic E-state index is 5.84. The van der Waals surface area contributed by atoms with Crippen LogP contribution >= 0.6 is 0 Å². The standard InChI is InChI=1S/C11H22O4/c1-7-8(2)15-9(6-12-3)11(14-5)10(7)13-4/h7-11H,6H2,1-5H3/t7-,8+,9?,10?,11-/m1/s1. The molecule has 1 saturated heterocycles. The van der Waals surface area contributed by atoms with Crippen LogP contribution in [0.15, 0.2) is 0 Å². The summed E-state index contributed by atoms with van der Waals surface area (Å²) < 4.78 is 21.9. The number of hydrogen-bond donors (Lipinski definition) is 0. The van der Waals surface area contributed by atoms with Crippen LogP contribution in [0.25, 0.3) is 0 Å². The average Bonchev–Trinajstić information content (AvgIpc) is 2.23. The van der Waals surface area contributed by atoms with Crippen molar-refractivity contribution in [1.82, 2.24) is 0 Å². The first kappa shape index (κ1) is 12.9. The van der Waals surface area contributed by atoms with Crippen molar-refractivity contribution in [3.63, 3.8) is 0 Å². The predicted octanol–water partition coefficient (Wildman–Crippen LogP) is 1.09. The molecule has 1 fully saturated rings. The van der Waals surface area contributed by atoms with Gasteiger partial charge in [0.2, 0.25) is 0 Å². The highest BCUT2D eigenvalue weighted by atomic mass is 16.6. The summed E-state index contributed by atoms with van der Waals surface area (Å²) in [6.07, 6.45) is 0.137. The van der Waals surface area contributed by atoms with E-state index in [4.69, 9.17) is 18.9 Å². The molecule has 1 rings (SSSR count). The first-order valence-electron chi connectivity index (χ1n) is 5.35. The zero-order chi connectivity index (χ0) is 11.4. The third kappa shape index (κ3) is 2.69. The lowest BCUT2D eigenvalue weighted by molar-refractivity contribution is -0.218. The monoisotopic (exact) mass is 218 g/mol. The third-order valence-corrected chi connectivity index (χ3v) is 3.21. The molecule has 0 bridgehead atoms. The lowest BCUT2D eigenvalue weighted by atomic mass is 9.88. The van der Waals surface area contributed by atoms with Gasteiger partial charge in [0.15, 0.2) is 0 Å². The summed E-state index contributed by atoms with van der Waals surface area (Å²) in [5, 5.41) is 0. The van der Waals surface area contributed by atoms with Crippen LogP contribution in [0, 0.1) is 5.92 Å². The van der Waals surface area contributed by atoms with E-state index in [1.54, 1.807) is 21.3 Å². The molecule has 0 aromatic carbocycles. The summed E-state index contributed by atoms with van der Waals surface area (Å²) in [6, 6.07) is 0. The van der Waals surface area contributed by atoms with Gasteiger partial charge < -0.3 is 18.9 Å². The molecule has 4 nitrogen and oxygen atoms in total. The fraction of sp³-hybridized carbons (Fsp3) is 1.00. The van der Waals surface area contributed by atoms with Crippen molar-refractivity contribution >= 4 is 0 Å². The molecule has 0 radical (unpaired) electrons. The van der Waals surface area contributed by atoms with Crippen molar-refractivity contribution < 1.29 is 18.9 Å². The van der Waals surface area contributed by atoms with Gasteiger partial charge in [-0.3, -0.25) is 0 Å². The van der Waals surface area contributed by atoms with Gasteiger partial charge in [-0.15, -0.1) is 0 Å². The molecule has 1 aliphatic heterocycles. The van der Waals surface area contributed by atoms with Crippen LogP contribution in [-0.2, 0) is 18.9 Å². The summed E-state index contributed by atoms with van der Waals surface area (Å²) in [5.74, 6) is 0.327. The van der Waals surface area contributed by atoms with Crippen LogP contribution in [0.1, 0.15) is 13.8 Å². The first-order valence-corrected chi connectivity index (χ1v) is 5.35. The molecule has 4 heteroatoms. The topological polar surface area (TPSA) is 36.9 Å². The minimum Gasteiger partial charge on any atom is -0.382 e. The molecule has 0 aliphatic carbocycles. The molecule has 1 heterocycles. The average molecular weight is 218 g/mol. The smallest absolute Gasteiger partial charge is 0.112 e. The zero-order valence-electron chi connectivity index (χ0n) is 10.2. The second-order valence-electron chi connectivity index (χ2n) is 4.09. The van der Waals surface area contributed by atoms with Gasteiger partial charge in [-0.25, -0.2) is 0 Å². The van der Waals surface area contributed by atoms with Crippen LogP contribution in [0.3, 0.4) is 0 Å². The van der Waals surface area contributed by atoms with Gasteiger partial charge in [-0.1, -0.05) is 6.92 Å². The van der Waals surface area contributed by atoms with E-state index in [1.807, 2.05) is 0 Å². The summed E-state index contributed by atoms with van der Waals surface area (Å²) in [7, 11) is 5.07. The maximum atomic E-state index is 5.84. The molecule has 5 atom stereocenters. The fourth-order valence-electron chi connectivity index (χ4n) is 2.19. The van der Waals surface area contributed by atoms with E-state index in [0.717, 1.165) is 0 Å². The normalized spacial score (nSPS) is 41.8. The lowest BCUT2D eigenvalue weighted by Gasteiger charge is -2.43. The van der Waals surface area contributed by atoms with Gasteiger partial charge in [-0.05, 0) is 6.92 Å². The first-order chi connectivity index (χ1) is 7.15. The highest BCUT2D eigenvalue weighted by molar-refractivity contribution is 4.90. The van der Waals surface area contributed by atoms with Crippen molar-refractivity contribution in [3.8, 4) is 0 Å². The van der Waals surface area contributed by atoms with Crippen molar-refractivity contribution in [2.75, 3.05) is 27.9 Å². The van der Waals surface area contributed by atoms with E-state index < -0.39 is 0 Å². The van der Waals surface area contributed by atoms with Gasteiger partial charge in [0.25, 0.3) is 0 Å². The quantitative estimate of drug-likeness (QED) is 0.707. The van der Waals surface area contributed by atoms with Crippen molar-refractivity contribution in [2.45, 2.75) is 38.3 Å². The lowest BCUT2D eigenvalue weighted by Crippen LogP contribution is -2.55. The Kier molecular flexibility index (Phi) is 4.99. The van der Waals surface area contributed by atoms with Gasteiger partial charge in [0.05, 0.1) is 18.8 Å². The molecule has 90 valence electrons. The SMILES string of the molecule is COCC1O[C@@H](C)[C@@H](C)C(OC)[C@@H]1OC. The highest BCUT2D eigenvalue weighted by Gasteiger charge is 2.42. The van der Waals surface area contributed by atoms with Crippen LogP contribution in [-0.4, -0.2) is 52.4 Å². The van der Waals surface area contributed by atoms with Crippen LogP contribution < -0.4 is 0 Å². The Bertz CT molecular complexity index is 185. The molecule has 0 amide bonds. The third-order valence-electron chi connectivity index (χ3n) is 3.21. The largest absolute Gasteiger partial charge is 0.382 e. The molecule has 0 N–H and O–H groups in total. The molecule has 0 aromatic rings. The van der Waals surface area contributed by atoms with Crippen molar-refractivity contribution in [3.05, 3.63) is 0 Å². The van der Waals surface area contributed by atoms with Gasteiger partial charge >= 0.3 is 0 Å². The van der Waals surface area contributed by atoms with Gasteiger partial charge in [0, 0.05) is 27.2 Å². The summed E-state index contributed by atoms with van der Waals surface area (Å²) in [5.41, 5.74) is 0. The Morgan fingerprint density at radius 2 is 1.60 bits per heavy atom. The highest BCUT2D eigenvalue weighted by Crippen LogP contribution is 2.29.